The first-order valence-corrected chi connectivity index (χ1v) is 6.97. The molecule has 6 heteroatoms. The Kier molecular flexibility index (Phi) is 3.15. The SMILES string of the molecule is C/C=C1\N=C(C)N(c2nnc(-c3ccccc3)s2)C1=O. The summed E-state index contributed by atoms with van der Waals surface area (Å²) in [7, 11) is 0. The Bertz CT molecular complexity index is 716. The summed E-state index contributed by atoms with van der Waals surface area (Å²) in [4.78, 5) is 17.9. The third-order valence-electron chi connectivity index (χ3n) is 2.93. The average molecular weight is 284 g/mol. The number of amides is 1. The number of allylic oxidation sites excluding steroid dienone is 1. The van der Waals surface area contributed by atoms with Crippen molar-refractivity contribution in [3.05, 3.63) is 42.1 Å². The maximum absolute atomic E-state index is 12.2. The van der Waals surface area contributed by atoms with Crippen molar-refractivity contribution in [3.8, 4) is 10.6 Å². The molecular formula is C14H12N4OS. The van der Waals surface area contributed by atoms with Crippen LogP contribution in [0.1, 0.15) is 13.8 Å². The number of carbonyl (C=O) groups excluding carboxylic acids is 1. The summed E-state index contributed by atoms with van der Waals surface area (Å²) < 4.78 is 0. The summed E-state index contributed by atoms with van der Waals surface area (Å²) in [6.07, 6.45) is 1.70. The summed E-state index contributed by atoms with van der Waals surface area (Å²) in [5.41, 5.74) is 1.43. The Labute approximate surface area is 120 Å². The van der Waals surface area contributed by atoms with E-state index in [2.05, 4.69) is 15.2 Å². The predicted octanol–water partition coefficient (Wildman–Crippen LogP) is 2.87. The Morgan fingerprint density at radius 1 is 1.20 bits per heavy atom. The molecule has 2 aromatic rings. The molecule has 1 aliphatic heterocycles. The highest BCUT2D eigenvalue weighted by Crippen LogP contribution is 2.31. The van der Waals surface area contributed by atoms with Crippen molar-refractivity contribution in [1.82, 2.24) is 10.2 Å². The molecule has 0 N–H and O–H groups in total. The van der Waals surface area contributed by atoms with Crippen LogP contribution in [0.5, 0.6) is 0 Å². The van der Waals surface area contributed by atoms with E-state index in [9.17, 15) is 4.79 Å². The molecular weight excluding hydrogens is 272 g/mol. The highest BCUT2D eigenvalue weighted by Gasteiger charge is 2.31. The van der Waals surface area contributed by atoms with Crippen molar-refractivity contribution in [3.63, 3.8) is 0 Å². The molecule has 0 atom stereocenters. The summed E-state index contributed by atoms with van der Waals surface area (Å²) in [5, 5.41) is 9.60. The number of nitrogens with zero attached hydrogens (tertiary/aromatic N) is 4. The number of rotatable bonds is 2. The fourth-order valence-electron chi connectivity index (χ4n) is 1.95. The molecule has 100 valence electrons. The molecule has 2 heterocycles. The Morgan fingerprint density at radius 3 is 2.60 bits per heavy atom. The van der Waals surface area contributed by atoms with Crippen molar-refractivity contribution >= 4 is 28.2 Å². The minimum absolute atomic E-state index is 0.152. The number of hydrogen-bond donors (Lipinski definition) is 0. The first kappa shape index (κ1) is 12.7. The molecule has 0 saturated heterocycles. The highest BCUT2D eigenvalue weighted by atomic mass is 32.1. The van der Waals surface area contributed by atoms with Crippen LogP contribution in [0.3, 0.4) is 0 Å². The fraction of sp³-hybridized carbons (Fsp3) is 0.143. The standard InChI is InChI=1S/C14H12N4OS/c1-3-11-13(19)18(9(2)15-11)14-17-16-12(20-14)10-7-5-4-6-8-10/h3-8H,1-2H3/b11-3-. The second kappa shape index (κ2) is 4.97. The van der Waals surface area contributed by atoms with Gasteiger partial charge in [0.25, 0.3) is 5.91 Å². The summed E-state index contributed by atoms with van der Waals surface area (Å²) in [6.45, 7) is 3.58. The van der Waals surface area contributed by atoms with E-state index in [1.807, 2.05) is 30.3 Å². The van der Waals surface area contributed by atoms with Crippen molar-refractivity contribution in [2.24, 2.45) is 4.99 Å². The van der Waals surface area contributed by atoms with Gasteiger partial charge in [0.05, 0.1) is 0 Å². The fourth-order valence-corrected chi connectivity index (χ4v) is 2.85. The molecule has 0 radical (unpaired) electrons. The molecule has 20 heavy (non-hydrogen) atoms. The van der Waals surface area contributed by atoms with Crippen LogP contribution in [0.2, 0.25) is 0 Å². The number of aliphatic imine (C=N–C) groups is 1. The minimum Gasteiger partial charge on any atom is -0.266 e. The molecule has 5 nitrogen and oxygen atoms in total. The lowest BCUT2D eigenvalue weighted by Crippen LogP contribution is -2.30. The summed E-state index contributed by atoms with van der Waals surface area (Å²) >= 11 is 1.38. The van der Waals surface area contributed by atoms with Crippen LogP contribution < -0.4 is 4.90 Å². The Morgan fingerprint density at radius 2 is 1.95 bits per heavy atom. The predicted molar refractivity (Wildman–Crippen MR) is 79.7 cm³/mol. The summed E-state index contributed by atoms with van der Waals surface area (Å²) in [5.74, 6) is 0.472. The van der Waals surface area contributed by atoms with E-state index < -0.39 is 0 Å². The van der Waals surface area contributed by atoms with Crippen LogP contribution in [-0.2, 0) is 4.79 Å². The van der Waals surface area contributed by atoms with E-state index in [0.29, 0.717) is 16.7 Å². The normalized spacial score (nSPS) is 16.9. The maximum Gasteiger partial charge on any atom is 0.283 e. The first-order chi connectivity index (χ1) is 9.70. The Hall–Kier alpha value is -2.34. The third-order valence-corrected chi connectivity index (χ3v) is 3.89. The zero-order chi connectivity index (χ0) is 14.1. The molecule has 1 aromatic heterocycles. The topological polar surface area (TPSA) is 58.5 Å². The van der Waals surface area contributed by atoms with Crippen molar-refractivity contribution in [2.75, 3.05) is 4.90 Å². The maximum atomic E-state index is 12.2. The van der Waals surface area contributed by atoms with E-state index in [4.69, 9.17) is 0 Å². The molecule has 0 aliphatic carbocycles. The smallest absolute Gasteiger partial charge is 0.266 e. The average Bonchev–Trinajstić information content (AvgIpc) is 3.04. The van der Waals surface area contributed by atoms with Crippen molar-refractivity contribution in [2.45, 2.75) is 13.8 Å². The van der Waals surface area contributed by atoms with Gasteiger partial charge >= 0.3 is 0 Å². The van der Waals surface area contributed by atoms with E-state index >= 15 is 0 Å². The number of aromatic nitrogens is 2. The van der Waals surface area contributed by atoms with Crippen LogP contribution in [0.4, 0.5) is 5.13 Å². The third kappa shape index (κ3) is 2.04. The van der Waals surface area contributed by atoms with Gasteiger partial charge in [0.15, 0.2) is 0 Å². The largest absolute Gasteiger partial charge is 0.283 e. The van der Waals surface area contributed by atoms with Gasteiger partial charge in [0.1, 0.15) is 16.5 Å². The molecule has 0 bridgehead atoms. The highest BCUT2D eigenvalue weighted by molar-refractivity contribution is 7.18. The van der Waals surface area contributed by atoms with Gasteiger partial charge in [-0.1, -0.05) is 47.7 Å². The lowest BCUT2D eigenvalue weighted by molar-refractivity contribution is -0.113. The van der Waals surface area contributed by atoms with Gasteiger partial charge in [0, 0.05) is 5.56 Å². The van der Waals surface area contributed by atoms with Gasteiger partial charge in [-0.3, -0.25) is 4.79 Å². The molecule has 0 saturated carbocycles. The number of benzene rings is 1. The van der Waals surface area contributed by atoms with Gasteiger partial charge in [-0.15, -0.1) is 10.2 Å². The van der Waals surface area contributed by atoms with Crippen molar-refractivity contribution < 1.29 is 4.79 Å². The minimum atomic E-state index is -0.152. The van der Waals surface area contributed by atoms with Gasteiger partial charge in [0.2, 0.25) is 5.13 Å². The second-order valence-corrected chi connectivity index (χ2v) is 5.19. The zero-order valence-corrected chi connectivity index (χ0v) is 11.9. The quantitative estimate of drug-likeness (QED) is 0.797. The second-order valence-electron chi connectivity index (χ2n) is 4.23. The molecule has 0 unspecified atom stereocenters. The molecule has 0 fully saturated rings. The van der Waals surface area contributed by atoms with Gasteiger partial charge in [-0.2, -0.15) is 0 Å². The number of anilines is 1. The molecule has 3 rings (SSSR count). The van der Waals surface area contributed by atoms with Crippen LogP contribution in [0.15, 0.2) is 47.1 Å². The lowest BCUT2D eigenvalue weighted by atomic mass is 10.2. The van der Waals surface area contributed by atoms with Crippen LogP contribution in [0.25, 0.3) is 10.6 Å². The van der Waals surface area contributed by atoms with E-state index in [1.54, 1.807) is 19.9 Å². The number of amidine groups is 1. The van der Waals surface area contributed by atoms with E-state index in [1.165, 1.54) is 16.2 Å². The van der Waals surface area contributed by atoms with Crippen LogP contribution >= 0.6 is 11.3 Å². The van der Waals surface area contributed by atoms with Crippen LogP contribution in [0, 0.1) is 0 Å². The summed E-state index contributed by atoms with van der Waals surface area (Å²) in [6, 6.07) is 9.78. The Balaban J connectivity index is 1.96. The zero-order valence-electron chi connectivity index (χ0n) is 11.1. The van der Waals surface area contributed by atoms with Gasteiger partial charge < -0.3 is 0 Å². The molecule has 0 spiro atoms. The van der Waals surface area contributed by atoms with Crippen LogP contribution in [-0.4, -0.2) is 21.9 Å². The molecule has 1 aromatic carbocycles. The number of hydrogen-bond acceptors (Lipinski definition) is 5. The molecule has 1 amide bonds. The van der Waals surface area contributed by atoms with Crippen molar-refractivity contribution in [1.29, 1.82) is 0 Å². The van der Waals surface area contributed by atoms with E-state index in [0.717, 1.165) is 10.6 Å². The van der Waals surface area contributed by atoms with Gasteiger partial charge in [-0.25, -0.2) is 9.89 Å². The lowest BCUT2D eigenvalue weighted by Gasteiger charge is -2.10. The van der Waals surface area contributed by atoms with E-state index in [-0.39, 0.29) is 5.91 Å². The first-order valence-electron chi connectivity index (χ1n) is 6.15. The monoisotopic (exact) mass is 284 g/mol. The number of carbonyl (C=O) groups is 1. The van der Waals surface area contributed by atoms with Gasteiger partial charge in [-0.05, 0) is 13.8 Å². The molecule has 1 aliphatic rings.